The molecule has 1 atom stereocenters. The molecule has 0 fully saturated rings. The van der Waals surface area contributed by atoms with Crippen molar-refractivity contribution in [2.45, 2.75) is 32.7 Å². The van der Waals surface area contributed by atoms with Crippen molar-refractivity contribution in [1.29, 1.82) is 0 Å². The largest absolute Gasteiger partial charge is 0.480 e. The number of ketones is 1. The molecule has 0 aliphatic heterocycles. The molecule has 0 aromatic heterocycles. The van der Waals surface area contributed by atoms with Crippen LogP contribution >= 0.6 is 0 Å². The fourth-order valence-electron chi connectivity index (χ4n) is 1.04. The van der Waals surface area contributed by atoms with E-state index in [-0.39, 0.29) is 25.2 Å². The third-order valence-corrected chi connectivity index (χ3v) is 1.86. The van der Waals surface area contributed by atoms with Crippen molar-refractivity contribution in [1.82, 2.24) is 5.32 Å². The molecule has 1 amide bonds. The molecule has 0 bridgehead atoms. The maximum Gasteiger partial charge on any atom is 0.326 e. The Labute approximate surface area is 94.0 Å². The average molecular weight is 231 g/mol. The Bertz CT molecular complexity index is 264. The zero-order valence-electron chi connectivity index (χ0n) is 9.49. The van der Waals surface area contributed by atoms with E-state index in [0.29, 0.717) is 6.61 Å². The zero-order valence-corrected chi connectivity index (χ0v) is 9.49. The first kappa shape index (κ1) is 14.6. The minimum Gasteiger partial charge on any atom is -0.480 e. The topological polar surface area (TPSA) is 92.7 Å². The summed E-state index contributed by atoms with van der Waals surface area (Å²) in [5.41, 5.74) is 0. The van der Waals surface area contributed by atoms with E-state index < -0.39 is 17.9 Å². The molecule has 0 saturated heterocycles. The van der Waals surface area contributed by atoms with E-state index in [0.717, 1.165) is 0 Å². The predicted octanol–water partition coefficient (Wildman–Crippen LogP) is -0.0385. The normalized spacial score (nSPS) is 11.9. The monoisotopic (exact) mass is 231 g/mol. The van der Waals surface area contributed by atoms with Crippen LogP contribution in [-0.4, -0.2) is 42.0 Å². The summed E-state index contributed by atoms with van der Waals surface area (Å²) in [6.45, 7) is 3.33. The lowest BCUT2D eigenvalue weighted by Crippen LogP contribution is -2.42. The summed E-state index contributed by atoms with van der Waals surface area (Å²) in [6, 6.07) is -1.03. The molecule has 0 aromatic rings. The Morgan fingerprint density at radius 2 is 2.00 bits per heavy atom. The molecule has 0 radical (unpaired) electrons. The SMILES string of the molecule is CCOCC(=O)N[C@@H](CCC(C)=O)C(=O)O. The Morgan fingerprint density at radius 1 is 1.38 bits per heavy atom. The number of carbonyl (C=O) groups excluding carboxylic acids is 2. The standard InChI is InChI=1S/C10H17NO5/c1-3-16-6-9(13)11-8(10(14)15)5-4-7(2)12/h8H,3-6H2,1-2H3,(H,11,13)(H,14,15)/t8-/m0/s1. The highest BCUT2D eigenvalue weighted by Gasteiger charge is 2.19. The van der Waals surface area contributed by atoms with Crippen LogP contribution in [0.4, 0.5) is 0 Å². The van der Waals surface area contributed by atoms with Crippen LogP contribution in [-0.2, 0) is 19.1 Å². The van der Waals surface area contributed by atoms with Crippen LogP contribution in [0.2, 0.25) is 0 Å². The molecule has 92 valence electrons. The van der Waals surface area contributed by atoms with Gasteiger partial charge >= 0.3 is 5.97 Å². The first-order valence-electron chi connectivity index (χ1n) is 5.06. The van der Waals surface area contributed by atoms with Crippen molar-refractivity contribution in [3.63, 3.8) is 0 Å². The Kier molecular flexibility index (Phi) is 7.11. The highest BCUT2D eigenvalue weighted by molar-refractivity contribution is 5.85. The van der Waals surface area contributed by atoms with Gasteiger partial charge in [-0.2, -0.15) is 0 Å². The number of nitrogens with one attached hydrogen (secondary N) is 1. The predicted molar refractivity (Wildman–Crippen MR) is 56.0 cm³/mol. The molecule has 0 aliphatic carbocycles. The molecule has 0 aromatic carbocycles. The molecule has 2 N–H and O–H groups in total. The first-order valence-corrected chi connectivity index (χ1v) is 5.06. The number of rotatable bonds is 8. The van der Waals surface area contributed by atoms with Crippen LogP contribution in [0.15, 0.2) is 0 Å². The minimum atomic E-state index is -1.15. The van der Waals surface area contributed by atoms with Crippen molar-refractivity contribution in [2.75, 3.05) is 13.2 Å². The van der Waals surface area contributed by atoms with Crippen molar-refractivity contribution >= 4 is 17.7 Å². The van der Waals surface area contributed by atoms with Gasteiger partial charge in [0, 0.05) is 13.0 Å². The molecular weight excluding hydrogens is 214 g/mol. The van der Waals surface area contributed by atoms with Crippen LogP contribution in [0.25, 0.3) is 0 Å². The van der Waals surface area contributed by atoms with E-state index in [1.807, 2.05) is 0 Å². The van der Waals surface area contributed by atoms with Crippen LogP contribution < -0.4 is 5.32 Å². The summed E-state index contributed by atoms with van der Waals surface area (Å²) < 4.78 is 4.83. The lowest BCUT2D eigenvalue weighted by Gasteiger charge is -2.13. The maximum atomic E-state index is 11.2. The van der Waals surface area contributed by atoms with Crippen molar-refractivity contribution in [2.24, 2.45) is 0 Å². The summed E-state index contributed by atoms with van der Waals surface area (Å²) in [4.78, 5) is 32.6. The average Bonchev–Trinajstić information content (AvgIpc) is 2.20. The van der Waals surface area contributed by atoms with Gasteiger partial charge in [0.15, 0.2) is 0 Å². The first-order chi connectivity index (χ1) is 7.47. The second-order valence-electron chi connectivity index (χ2n) is 3.34. The lowest BCUT2D eigenvalue weighted by atomic mass is 10.1. The van der Waals surface area contributed by atoms with Crippen molar-refractivity contribution in [3.05, 3.63) is 0 Å². The van der Waals surface area contributed by atoms with Crippen LogP contribution in [0.1, 0.15) is 26.7 Å². The molecule has 0 aliphatic rings. The van der Waals surface area contributed by atoms with E-state index in [2.05, 4.69) is 5.32 Å². The number of hydrogen-bond donors (Lipinski definition) is 2. The Balaban J connectivity index is 4.07. The fourth-order valence-corrected chi connectivity index (χ4v) is 1.04. The molecule has 0 saturated carbocycles. The molecule has 0 unspecified atom stereocenters. The number of aliphatic carboxylic acids is 1. The number of carboxylic acids is 1. The molecule has 0 heterocycles. The Morgan fingerprint density at radius 3 is 2.44 bits per heavy atom. The summed E-state index contributed by atoms with van der Waals surface area (Å²) in [6.07, 6.45) is 0.231. The number of ether oxygens (including phenoxy) is 1. The molecule has 16 heavy (non-hydrogen) atoms. The molecule has 0 spiro atoms. The quantitative estimate of drug-likeness (QED) is 0.611. The third kappa shape index (κ3) is 6.94. The van der Waals surface area contributed by atoms with Gasteiger partial charge in [0.1, 0.15) is 18.4 Å². The summed E-state index contributed by atoms with van der Waals surface area (Å²) >= 11 is 0. The second-order valence-corrected chi connectivity index (χ2v) is 3.34. The number of carboxylic acid groups (broad SMARTS) is 1. The lowest BCUT2D eigenvalue weighted by molar-refractivity contribution is -0.142. The van der Waals surface area contributed by atoms with Crippen molar-refractivity contribution in [3.8, 4) is 0 Å². The van der Waals surface area contributed by atoms with E-state index >= 15 is 0 Å². The molecule has 0 rings (SSSR count). The van der Waals surface area contributed by atoms with Gasteiger partial charge in [0.05, 0.1) is 0 Å². The van der Waals surface area contributed by atoms with Crippen LogP contribution in [0, 0.1) is 0 Å². The van der Waals surface area contributed by atoms with Crippen LogP contribution in [0.3, 0.4) is 0 Å². The van der Waals surface area contributed by atoms with Gasteiger partial charge in [-0.05, 0) is 20.3 Å². The van der Waals surface area contributed by atoms with Gasteiger partial charge in [-0.1, -0.05) is 0 Å². The molecule has 6 nitrogen and oxygen atoms in total. The summed E-state index contributed by atoms with van der Waals surface area (Å²) in [7, 11) is 0. The smallest absolute Gasteiger partial charge is 0.326 e. The summed E-state index contributed by atoms with van der Waals surface area (Å²) in [5.74, 6) is -1.74. The van der Waals surface area contributed by atoms with E-state index in [4.69, 9.17) is 9.84 Å². The highest BCUT2D eigenvalue weighted by Crippen LogP contribution is 1.98. The molecular formula is C10H17NO5. The maximum absolute atomic E-state index is 11.2. The van der Waals surface area contributed by atoms with Gasteiger partial charge in [-0.25, -0.2) is 4.79 Å². The summed E-state index contributed by atoms with van der Waals surface area (Å²) in [5, 5.41) is 11.1. The van der Waals surface area contributed by atoms with Crippen LogP contribution in [0.5, 0.6) is 0 Å². The Hall–Kier alpha value is -1.43. The van der Waals surface area contributed by atoms with Gasteiger partial charge in [0.25, 0.3) is 0 Å². The third-order valence-electron chi connectivity index (χ3n) is 1.86. The number of hydrogen-bond acceptors (Lipinski definition) is 4. The van der Waals surface area contributed by atoms with E-state index in [9.17, 15) is 14.4 Å². The fraction of sp³-hybridized carbons (Fsp3) is 0.700. The van der Waals surface area contributed by atoms with Gasteiger partial charge in [-0.3, -0.25) is 4.79 Å². The van der Waals surface area contributed by atoms with E-state index in [1.54, 1.807) is 6.92 Å². The number of Topliss-reactive ketones (excluding diaryl/α,β-unsaturated/α-hetero) is 1. The van der Waals surface area contributed by atoms with Gasteiger partial charge in [0.2, 0.25) is 5.91 Å². The minimum absolute atomic E-state index is 0.0997. The number of carbonyl (C=O) groups is 3. The highest BCUT2D eigenvalue weighted by atomic mass is 16.5. The second kappa shape index (κ2) is 7.81. The van der Waals surface area contributed by atoms with Crippen molar-refractivity contribution < 1.29 is 24.2 Å². The zero-order chi connectivity index (χ0) is 12.6. The number of amides is 1. The van der Waals surface area contributed by atoms with Gasteiger partial charge < -0.3 is 20.0 Å². The van der Waals surface area contributed by atoms with E-state index in [1.165, 1.54) is 6.92 Å². The molecule has 6 heteroatoms. The van der Waals surface area contributed by atoms with Gasteiger partial charge in [-0.15, -0.1) is 0 Å².